The summed E-state index contributed by atoms with van der Waals surface area (Å²) in [7, 11) is 0. The SMILES string of the molecule is Cc1cc(NC(=O)N2CC[C@H]3OCCC[C@@H]3C2)ccc1[N+](=O)[O-]. The van der Waals surface area contributed by atoms with E-state index in [4.69, 9.17) is 4.74 Å². The van der Waals surface area contributed by atoms with Crippen LogP contribution in [0.5, 0.6) is 0 Å². The molecule has 1 aromatic rings. The van der Waals surface area contributed by atoms with Gasteiger partial charge in [-0.3, -0.25) is 10.1 Å². The first kappa shape index (κ1) is 15.7. The Bertz CT molecular complexity index is 619. The summed E-state index contributed by atoms with van der Waals surface area (Å²) in [5, 5.41) is 13.7. The molecule has 23 heavy (non-hydrogen) atoms. The lowest BCUT2D eigenvalue weighted by Gasteiger charge is -2.40. The molecule has 0 spiro atoms. The van der Waals surface area contributed by atoms with Crippen molar-refractivity contribution in [2.45, 2.75) is 32.3 Å². The predicted octanol–water partition coefficient (Wildman–Crippen LogP) is 2.94. The van der Waals surface area contributed by atoms with Crippen LogP contribution in [0, 0.1) is 23.0 Å². The number of ether oxygens (including phenoxy) is 1. The Morgan fingerprint density at radius 3 is 3.00 bits per heavy atom. The van der Waals surface area contributed by atoms with Crippen molar-refractivity contribution in [3.05, 3.63) is 33.9 Å². The molecule has 2 saturated heterocycles. The molecule has 7 heteroatoms. The van der Waals surface area contributed by atoms with Crippen LogP contribution in [0.15, 0.2) is 18.2 Å². The zero-order valence-corrected chi connectivity index (χ0v) is 13.2. The summed E-state index contributed by atoms with van der Waals surface area (Å²) in [6.07, 6.45) is 3.31. The Morgan fingerprint density at radius 2 is 2.26 bits per heavy atom. The Balaban J connectivity index is 1.63. The number of fused-ring (bicyclic) bond motifs is 1. The van der Waals surface area contributed by atoms with E-state index in [0.29, 0.717) is 30.3 Å². The van der Waals surface area contributed by atoms with Crippen LogP contribution in [0.4, 0.5) is 16.2 Å². The number of benzene rings is 1. The predicted molar refractivity (Wildman–Crippen MR) is 85.5 cm³/mol. The van der Waals surface area contributed by atoms with Crippen molar-refractivity contribution in [3.63, 3.8) is 0 Å². The lowest BCUT2D eigenvalue weighted by Crippen LogP contribution is -2.49. The van der Waals surface area contributed by atoms with Crippen molar-refractivity contribution < 1.29 is 14.5 Å². The van der Waals surface area contributed by atoms with Gasteiger partial charge in [-0.25, -0.2) is 4.79 Å². The molecule has 0 radical (unpaired) electrons. The van der Waals surface area contributed by atoms with Gasteiger partial charge < -0.3 is 15.0 Å². The monoisotopic (exact) mass is 319 g/mol. The van der Waals surface area contributed by atoms with Crippen molar-refractivity contribution in [2.75, 3.05) is 25.0 Å². The van der Waals surface area contributed by atoms with Crippen LogP contribution in [0.1, 0.15) is 24.8 Å². The second kappa shape index (κ2) is 6.54. The van der Waals surface area contributed by atoms with E-state index < -0.39 is 4.92 Å². The minimum absolute atomic E-state index is 0.0585. The minimum Gasteiger partial charge on any atom is -0.378 e. The van der Waals surface area contributed by atoms with Gasteiger partial charge in [-0.2, -0.15) is 0 Å². The number of likely N-dealkylation sites (tertiary alicyclic amines) is 1. The summed E-state index contributed by atoms with van der Waals surface area (Å²) in [5.41, 5.74) is 1.18. The number of carbonyl (C=O) groups is 1. The first-order chi connectivity index (χ1) is 11.0. The zero-order valence-electron chi connectivity index (χ0n) is 13.2. The third-order valence-electron chi connectivity index (χ3n) is 4.65. The van der Waals surface area contributed by atoms with Gasteiger partial charge in [0.1, 0.15) is 0 Å². The van der Waals surface area contributed by atoms with Crippen LogP contribution in [0.25, 0.3) is 0 Å². The molecule has 2 amide bonds. The van der Waals surface area contributed by atoms with E-state index in [2.05, 4.69) is 5.32 Å². The van der Waals surface area contributed by atoms with Gasteiger partial charge in [0.25, 0.3) is 5.69 Å². The molecule has 2 heterocycles. The third kappa shape index (κ3) is 3.44. The fraction of sp³-hybridized carbons (Fsp3) is 0.562. The van der Waals surface area contributed by atoms with Crippen LogP contribution in [0.3, 0.4) is 0 Å². The number of amides is 2. The summed E-state index contributed by atoms with van der Waals surface area (Å²) in [6, 6.07) is 4.47. The number of carbonyl (C=O) groups excluding carboxylic acids is 1. The van der Waals surface area contributed by atoms with Gasteiger partial charge in [-0.15, -0.1) is 0 Å². The summed E-state index contributed by atoms with van der Waals surface area (Å²) in [6.45, 7) is 3.88. The smallest absolute Gasteiger partial charge is 0.321 e. The van der Waals surface area contributed by atoms with E-state index >= 15 is 0 Å². The maximum Gasteiger partial charge on any atom is 0.321 e. The highest BCUT2D eigenvalue weighted by molar-refractivity contribution is 5.89. The normalized spacial score (nSPS) is 24.0. The summed E-state index contributed by atoms with van der Waals surface area (Å²) >= 11 is 0. The average molecular weight is 319 g/mol. The number of piperidine rings is 1. The molecule has 0 unspecified atom stereocenters. The highest BCUT2D eigenvalue weighted by Crippen LogP contribution is 2.29. The summed E-state index contributed by atoms with van der Waals surface area (Å²) in [5.74, 6) is 0.418. The molecule has 1 N–H and O–H groups in total. The Hall–Kier alpha value is -2.15. The number of rotatable bonds is 2. The van der Waals surface area contributed by atoms with Crippen LogP contribution >= 0.6 is 0 Å². The molecule has 2 atom stereocenters. The van der Waals surface area contributed by atoms with E-state index in [1.165, 1.54) is 6.07 Å². The highest BCUT2D eigenvalue weighted by atomic mass is 16.6. The maximum atomic E-state index is 12.4. The van der Waals surface area contributed by atoms with E-state index in [1.54, 1.807) is 19.1 Å². The quantitative estimate of drug-likeness (QED) is 0.671. The van der Waals surface area contributed by atoms with E-state index in [0.717, 1.165) is 25.9 Å². The molecule has 0 saturated carbocycles. The number of nitrogens with one attached hydrogen (secondary N) is 1. The van der Waals surface area contributed by atoms with Gasteiger partial charge in [0, 0.05) is 42.9 Å². The molecule has 2 fully saturated rings. The first-order valence-electron chi connectivity index (χ1n) is 7.97. The van der Waals surface area contributed by atoms with E-state index in [9.17, 15) is 14.9 Å². The van der Waals surface area contributed by atoms with Crippen molar-refractivity contribution in [2.24, 2.45) is 5.92 Å². The largest absolute Gasteiger partial charge is 0.378 e. The molecular weight excluding hydrogens is 298 g/mol. The molecule has 0 aromatic heterocycles. The maximum absolute atomic E-state index is 12.4. The lowest BCUT2D eigenvalue weighted by molar-refractivity contribution is -0.385. The van der Waals surface area contributed by atoms with Crippen LogP contribution < -0.4 is 5.32 Å². The first-order valence-corrected chi connectivity index (χ1v) is 7.97. The number of hydrogen-bond acceptors (Lipinski definition) is 4. The topological polar surface area (TPSA) is 84.7 Å². The third-order valence-corrected chi connectivity index (χ3v) is 4.65. The standard InChI is InChI=1S/C16H21N3O4/c1-11-9-13(4-5-14(11)19(21)22)17-16(20)18-7-6-15-12(10-18)3-2-8-23-15/h4-5,9,12,15H,2-3,6-8,10H2,1H3,(H,17,20)/t12-,15-/m1/s1. The van der Waals surface area contributed by atoms with E-state index in [-0.39, 0.29) is 17.8 Å². The number of hydrogen-bond donors (Lipinski definition) is 1. The summed E-state index contributed by atoms with van der Waals surface area (Å²) < 4.78 is 5.76. The van der Waals surface area contributed by atoms with Crippen LogP contribution in [0.2, 0.25) is 0 Å². The number of urea groups is 1. The Labute approximate surface area is 134 Å². The Morgan fingerprint density at radius 1 is 1.43 bits per heavy atom. The second-order valence-electron chi connectivity index (χ2n) is 6.23. The Kier molecular flexibility index (Phi) is 4.47. The fourth-order valence-electron chi connectivity index (χ4n) is 3.41. The van der Waals surface area contributed by atoms with Crippen LogP contribution in [-0.4, -0.2) is 41.7 Å². The molecule has 2 aliphatic heterocycles. The second-order valence-corrected chi connectivity index (χ2v) is 6.23. The number of nitrogens with zero attached hydrogens (tertiary/aromatic N) is 2. The van der Waals surface area contributed by atoms with Gasteiger partial charge in [0.15, 0.2) is 0 Å². The number of aryl methyl sites for hydroxylation is 1. The highest BCUT2D eigenvalue weighted by Gasteiger charge is 2.33. The van der Waals surface area contributed by atoms with Crippen molar-refractivity contribution >= 4 is 17.4 Å². The molecule has 0 bridgehead atoms. The molecule has 2 aliphatic rings. The molecule has 124 valence electrons. The van der Waals surface area contributed by atoms with Gasteiger partial charge in [-0.05, 0) is 38.3 Å². The molecular formula is C16H21N3O4. The average Bonchev–Trinajstić information content (AvgIpc) is 2.54. The fourth-order valence-corrected chi connectivity index (χ4v) is 3.41. The van der Waals surface area contributed by atoms with Gasteiger partial charge >= 0.3 is 6.03 Å². The van der Waals surface area contributed by atoms with Crippen LogP contribution in [-0.2, 0) is 4.74 Å². The van der Waals surface area contributed by atoms with Crippen molar-refractivity contribution in [1.29, 1.82) is 0 Å². The van der Waals surface area contributed by atoms with E-state index in [1.807, 2.05) is 4.90 Å². The van der Waals surface area contributed by atoms with Crippen molar-refractivity contribution in [1.82, 2.24) is 4.90 Å². The molecule has 3 rings (SSSR count). The lowest BCUT2D eigenvalue weighted by atomic mass is 9.89. The number of anilines is 1. The zero-order chi connectivity index (χ0) is 16.4. The van der Waals surface area contributed by atoms with Crippen molar-refractivity contribution in [3.8, 4) is 0 Å². The molecule has 0 aliphatic carbocycles. The summed E-state index contributed by atoms with van der Waals surface area (Å²) in [4.78, 5) is 24.6. The number of nitro groups is 1. The molecule has 1 aromatic carbocycles. The van der Waals surface area contributed by atoms with Gasteiger partial charge in [0.2, 0.25) is 0 Å². The molecule has 7 nitrogen and oxygen atoms in total. The van der Waals surface area contributed by atoms with Gasteiger partial charge in [0.05, 0.1) is 11.0 Å². The van der Waals surface area contributed by atoms with Gasteiger partial charge in [-0.1, -0.05) is 0 Å². The number of nitro benzene ring substituents is 1. The minimum atomic E-state index is -0.422.